The number of hydrazine groups is 1. The maximum atomic E-state index is 11.7. The number of hydrogen-bond acceptors (Lipinski definition) is 5. The molecule has 6 nitrogen and oxygen atoms in total. The second-order valence-corrected chi connectivity index (χ2v) is 4.37. The highest BCUT2D eigenvalue weighted by atomic mass is 16.5. The van der Waals surface area contributed by atoms with Gasteiger partial charge in [-0.05, 0) is 5.92 Å². The van der Waals surface area contributed by atoms with Crippen LogP contribution in [0.4, 0.5) is 0 Å². The number of morpholine rings is 1. The molecule has 94 valence electrons. The summed E-state index contributed by atoms with van der Waals surface area (Å²) in [6.45, 7) is 5.71. The van der Waals surface area contributed by atoms with Crippen molar-refractivity contribution < 1.29 is 14.6 Å². The van der Waals surface area contributed by atoms with Gasteiger partial charge in [0, 0.05) is 13.1 Å². The molecule has 1 aliphatic rings. The Bertz CT molecular complexity index is 235. The second kappa shape index (κ2) is 6.15. The Morgan fingerprint density at radius 2 is 2.38 bits per heavy atom. The molecule has 0 saturated carbocycles. The summed E-state index contributed by atoms with van der Waals surface area (Å²) in [5.74, 6) is 5.16. The van der Waals surface area contributed by atoms with Gasteiger partial charge in [0.05, 0.1) is 25.4 Å². The summed E-state index contributed by atoms with van der Waals surface area (Å²) in [5, 5.41) is 9.05. The molecule has 1 aliphatic heterocycles. The summed E-state index contributed by atoms with van der Waals surface area (Å²) in [5.41, 5.74) is 2.19. The average molecular weight is 231 g/mol. The van der Waals surface area contributed by atoms with Crippen LogP contribution in [0.5, 0.6) is 0 Å². The van der Waals surface area contributed by atoms with Crippen molar-refractivity contribution in [1.82, 2.24) is 10.3 Å². The molecular formula is C10H21N3O3. The fourth-order valence-electron chi connectivity index (χ4n) is 2.08. The van der Waals surface area contributed by atoms with E-state index in [1.165, 1.54) is 0 Å². The Hall–Kier alpha value is -0.690. The minimum Gasteiger partial charge on any atom is -0.394 e. The smallest absolute Gasteiger partial charge is 0.251 e. The van der Waals surface area contributed by atoms with Gasteiger partial charge in [0.2, 0.25) is 0 Å². The van der Waals surface area contributed by atoms with Gasteiger partial charge in [-0.3, -0.25) is 15.1 Å². The molecule has 2 unspecified atom stereocenters. The summed E-state index contributed by atoms with van der Waals surface area (Å²) >= 11 is 0. The van der Waals surface area contributed by atoms with Crippen LogP contribution in [0.3, 0.4) is 0 Å². The molecule has 0 aromatic rings. The number of carbonyl (C=O) groups is 1. The lowest BCUT2D eigenvalue weighted by molar-refractivity contribution is -0.133. The molecule has 1 heterocycles. The highest BCUT2D eigenvalue weighted by Gasteiger charge is 2.32. The summed E-state index contributed by atoms with van der Waals surface area (Å²) in [4.78, 5) is 13.7. The number of rotatable bonds is 4. The van der Waals surface area contributed by atoms with E-state index < -0.39 is 0 Å². The monoisotopic (exact) mass is 231 g/mol. The van der Waals surface area contributed by atoms with E-state index in [9.17, 15) is 4.79 Å². The molecule has 4 N–H and O–H groups in total. The normalized spacial score (nSPS) is 24.4. The van der Waals surface area contributed by atoms with Crippen LogP contribution < -0.4 is 11.3 Å². The molecule has 6 heteroatoms. The van der Waals surface area contributed by atoms with Crippen molar-refractivity contribution in [3.8, 4) is 0 Å². The molecule has 1 saturated heterocycles. The molecule has 16 heavy (non-hydrogen) atoms. The summed E-state index contributed by atoms with van der Waals surface area (Å²) in [7, 11) is 0. The van der Waals surface area contributed by atoms with E-state index in [0.717, 1.165) is 0 Å². The Kier molecular flexibility index (Phi) is 5.14. The highest BCUT2D eigenvalue weighted by molar-refractivity contribution is 5.81. The number of aliphatic hydroxyl groups excluding tert-OH is 1. The third-order valence-corrected chi connectivity index (χ3v) is 2.81. The largest absolute Gasteiger partial charge is 0.394 e. The van der Waals surface area contributed by atoms with Crippen LogP contribution in [0.1, 0.15) is 13.8 Å². The highest BCUT2D eigenvalue weighted by Crippen LogP contribution is 2.15. The first kappa shape index (κ1) is 13.4. The van der Waals surface area contributed by atoms with Gasteiger partial charge in [-0.15, -0.1) is 0 Å². The van der Waals surface area contributed by atoms with Gasteiger partial charge in [0.15, 0.2) is 0 Å². The molecule has 1 rings (SSSR count). The van der Waals surface area contributed by atoms with Gasteiger partial charge in [-0.1, -0.05) is 13.8 Å². The molecule has 0 aliphatic carbocycles. The van der Waals surface area contributed by atoms with Crippen LogP contribution in [0, 0.1) is 5.92 Å². The van der Waals surface area contributed by atoms with Gasteiger partial charge in [-0.25, -0.2) is 5.84 Å². The fraction of sp³-hybridized carbons (Fsp3) is 0.900. The number of aliphatic hydroxyl groups is 1. The standard InChI is InChI=1S/C10H21N3O3/c1-7(2)9(10(15)12-11)13-3-4-16-8(5-13)6-14/h7-9,14H,3-6,11H2,1-2H3,(H,12,15). The Morgan fingerprint density at radius 3 is 2.88 bits per heavy atom. The first-order valence-electron chi connectivity index (χ1n) is 5.57. The Labute approximate surface area is 95.7 Å². The van der Waals surface area contributed by atoms with Crippen LogP contribution in [-0.2, 0) is 9.53 Å². The lowest BCUT2D eigenvalue weighted by Crippen LogP contribution is -2.57. The van der Waals surface area contributed by atoms with Gasteiger partial charge in [0.25, 0.3) is 5.91 Å². The summed E-state index contributed by atoms with van der Waals surface area (Å²) in [6.07, 6.45) is -0.208. The zero-order valence-corrected chi connectivity index (χ0v) is 9.85. The van der Waals surface area contributed by atoms with Crippen molar-refractivity contribution in [2.24, 2.45) is 11.8 Å². The number of nitrogens with one attached hydrogen (secondary N) is 1. The number of nitrogens with two attached hydrogens (primary N) is 1. The number of hydrogen-bond donors (Lipinski definition) is 3. The van der Waals surface area contributed by atoms with Gasteiger partial charge >= 0.3 is 0 Å². The third-order valence-electron chi connectivity index (χ3n) is 2.81. The quantitative estimate of drug-likeness (QED) is 0.318. The van der Waals surface area contributed by atoms with E-state index in [1.807, 2.05) is 18.7 Å². The second-order valence-electron chi connectivity index (χ2n) is 4.37. The van der Waals surface area contributed by atoms with Crippen molar-refractivity contribution in [2.75, 3.05) is 26.3 Å². The minimum absolute atomic E-state index is 0.0223. The zero-order chi connectivity index (χ0) is 12.1. The molecule has 1 fully saturated rings. The molecular weight excluding hydrogens is 210 g/mol. The maximum Gasteiger partial charge on any atom is 0.251 e. The molecule has 1 amide bonds. The average Bonchev–Trinajstić information content (AvgIpc) is 2.29. The molecule has 0 bridgehead atoms. The summed E-state index contributed by atoms with van der Waals surface area (Å²) < 4.78 is 5.35. The molecule has 0 aromatic carbocycles. The van der Waals surface area contributed by atoms with E-state index in [0.29, 0.717) is 19.7 Å². The van der Waals surface area contributed by atoms with Gasteiger partial charge in [-0.2, -0.15) is 0 Å². The van der Waals surface area contributed by atoms with Crippen molar-refractivity contribution in [3.63, 3.8) is 0 Å². The number of ether oxygens (including phenoxy) is 1. The van der Waals surface area contributed by atoms with Gasteiger partial charge in [0.1, 0.15) is 0 Å². The SMILES string of the molecule is CC(C)C(C(=O)NN)N1CCOC(CO)C1. The fourth-order valence-corrected chi connectivity index (χ4v) is 2.08. The number of amides is 1. The van der Waals surface area contributed by atoms with E-state index in [-0.39, 0.29) is 30.6 Å². The molecule has 0 spiro atoms. The van der Waals surface area contributed by atoms with Crippen LogP contribution in [-0.4, -0.2) is 54.4 Å². The van der Waals surface area contributed by atoms with Crippen molar-refractivity contribution in [3.05, 3.63) is 0 Å². The van der Waals surface area contributed by atoms with E-state index in [1.54, 1.807) is 0 Å². The molecule has 0 radical (unpaired) electrons. The topological polar surface area (TPSA) is 87.8 Å². The third kappa shape index (κ3) is 3.15. The first-order chi connectivity index (χ1) is 7.60. The zero-order valence-electron chi connectivity index (χ0n) is 9.85. The maximum absolute atomic E-state index is 11.7. The van der Waals surface area contributed by atoms with E-state index in [4.69, 9.17) is 15.7 Å². The predicted octanol–water partition coefficient (Wildman–Crippen LogP) is -1.31. The van der Waals surface area contributed by atoms with Crippen LogP contribution in [0.15, 0.2) is 0 Å². The lowest BCUT2D eigenvalue weighted by Gasteiger charge is -2.38. The molecule has 0 aromatic heterocycles. The lowest BCUT2D eigenvalue weighted by atomic mass is 10.0. The van der Waals surface area contributed by atoms with E-state index in [2.05, 4.69) is 5.43 Å². The molecule has 2 atom stereocenters. The van der Waals surface area contributed by atoms with Crippen molar-refractivity contribution in [1.29, 1.82) is 0 Å². The van der Waals surface area contributed by atoms with Gasteiger partial charge < -0.3 is 9.84 Å². The Balaban J connectivity index is 2.66. The summed E-state index contributed by atoms with van der Waals surface area (Å²) in [6, 6.07) is -0.261. The number of carbonyl (C=O) groups excluding carboxylic acids is 1. The van der Waals surface area contributed by atoms with Crippen LogP contribution in [0.2, 0.25) is 0 Å². The van der Waals surface area contributed by atoms with Crippen LogP contribution >= 0.6 is 0 Å². The first-order valence-corrected chi connectivity index (χ1v) is 5.57. The minimum atomic E-state index is -0.261. The van der Waals surface area contributed by atoms with Crippen molar-refractivity contribution in [2.45, 2.75) is 26.0 Å². The predicted molar refractivity (Wildman–Crippen MR) is 59.4 cm³/mol. The van der Waals surface area contributed by atoms with E-state index >= 15 is 0 Å². The number of nitrogens with zero attached hydrogens (tertiary/aromatic N) is 1. The Morgan fingerprint density at radius 1 is 1.69 bits per heavy atom. The van der Waals surface area contributed by atoms with Crippen LogP contribution in [0.25, 0.3) is 0 Å². The van der Waals surface area contributed by atoms with Crippen molar-refractivity contribution >= 4 is 5.91 Å².